The lowest BCUT2D eigenvalue weighted by Crippen LogP contribution is -2.01. The van der Waals surface area contributed by atoms with Crippen LogP contribution in [-0.4, -0.2) is 0 Å². The number of aryl methyl sites for hydroxylation is 3. The predicted octanol–water partition coefficient (Wildman–Crippen LogP) is 5.03. The molecule has 0 unspecified atom stereocenters. The van der Waals surface area contributed by atoms with E-state index in [2.05, 4.69) is 49.4 Å². The Morgan fingerprint density at radius 3 is 2.50 bits per heavy atom. The van der Waals surface area contributed by atoms with Crippen molar-refractivity contribution in [1.82, 2.24) is 0 Å². The highest BCUT2D eigenvalue weighted by Crippen LogP contribution is 2.33. The Morgan fingerprint density at radius 2 is 1.67 bits per heavy atom. The standard InChI is InChI=1S/C17H18S/c1-13-6-2-5-9-17(13)18-16-11-10-14-7-3-4-8-15(14)12-16/h2,5-6,9-12H,3-4,7-8H2,1H3. The summed E-state index contributed by atoms with van der Waals surface area (Å²) in [5, 5.41) is 0. The molecule has 0 spiro atoms. The van der Waals surface area contributed by atoms with E-state index in [1.807, 2.05) is 11.8 Å². The molecule has 2 aromatic carbocycles. The Morgan fingerprint density at radius 1 is 0.889 bits per heavy atom. The first kappa shape index (κ1) is 11.9. The van der Waals surface area contributed by atoms with Gasteiger partial charge in [-0.1, -0.05) is 36.0 Å². The monoisotopic (exact) mass is 254 g/mol. The molecule has 1 aliphatic carbocycles. The van der Waals surface area contributed by atoms with Gasteiger partial charge in [-0.3, -0.25) is 0 Å². The summed E-state index contributed by atoms with van der Waals surface area (Å²) >= 11 is 1.89. The number of benzene rings is 2. The molecule has 0 atom stereocenters. The highest BCUT2D eigenvalue weighted by atomic mass is 32.2. The van der Waals surface area contributed by atoms with Crippen molar-refractivity contribution in [2.24, 2.45) is 0 Å². The third-order valence-electron chi connectivity index (χ3n) is 3.64. The van der Waals surface area contributed by atoms with Crippen molar-refractivity contribution < 1.29 is 0 Å². The Kier molecular flexibility index (Phi) is 3.42. The molecule has 0 bridgehead atoms. The second kappa shape index (κ2) is 5.19. The lowest BCUT2D eigenvalue weighted by molar-refractivity contribution is 0.683. The molecule has 0 aliphatic heterocycles. The second-order valence-electron chi connectivity index (χ2n) is 5.01. The van der Waals surface area contributed by atoms with Crippen LogP contribution in [0, 0.1) is 6.92 Å². The average Bonchev–Trinajstić information content (AvgIpc) is 2.41. The van der Waals surface area contributed by atoms with Gasteiger partial charge in [-0.25, -0.2) is 0 Å². The van der Waals surface area contributed by atoms with Crippen LogP contribution in [0.25, 0.3) is 0 Å². The fourth-order valence-electron chi connectivity index (χ4n) is 2.57. The topological polar surface area (TPSA) is 0 Å². The van der Waals surface area contributed by atoms with Crippen molar-refractivity contribution in [3.63, 3.8) is 0 Å². The summed E-state index contributed by atoms with van der Waals surface area (Å²) < 4.78 is 0. The highest BCUT2D eigenvalue weighted by Gasteiger charge is 2.10. The van der Waals surface area contributed by atoms with Crippen molar-refractivity contribution in [3.05, 3.63) is 59.2 Å². The second-order valence-corrected chi connectivity index (χ2v) is 6.12. The van der Waals surface area contributed by atoms with Crippen LogP contribution in [0.4, 0.5) is 0 Å². The van der Waals surface area contributed by atoms with Crippen LogP contribution in [0.15, 0.2) is 52.3 Å². The Balaban J connectivity index is 1.87. The summed E-state index contributed by atoms with van der Waals surface area (Å²) in [5.74, 6) is 0. The molecular formula is C17H18S. The molecule has 18 heavy (non-hydrogen) atoms. The third-order valence-corrected chi connectivity index (χ3v) is 4.81. The van der Waals surface area contributed by atoms with Gasteiger partial charge in [0.25, 0.3) is 0 Å². The number of rotatable bonds is 2. The molecule has 0 radical (unpaired) electrons. The first-order chi connectivity index (χ1) is 8.83. The average molecular weight is 254 g/mol. The van der Waals surface area contributed by atoms with E-state index in [9.17, 15) is 0 Å². The predicted molar refractivity (Wildman–Crippen MR) is 78.4 cm³/mol. The molecule has 1 aliphatic rings. The van der Waals surface area contributed by atoms with Crippen LogP contribution in [0.2, 0.25) is 0 Å². The van der Waals surface area contributed by atoms with Gasteiger partial charge in [0.15, 0.2) is 0 Å². The molecule has 0 aromatic heterocycles. The van der Waals surface area contributed by atoms with Gasteiger partial charge >= 0.3 is 0 Å². The van der Waals surface area contributed by atoms with Crippen LogP contribution >= 0.6 is 11.8 Å². The number of fused-ring (bicyclic) bond motifs is 1. The summed E-state index contributed by atoms with van der Waals surface area (Å²) in [6, 6.07) is 15.6. The number of hydrogen-bond acceptors (Lipinski definition) is 1. The van der Waals surface area contributed by atoms with E-state index in [0.717, 1.165) is 0 Å². The van der Waals surface area contributed by atoms with Gasteiger partial charge in [0, 0.05) is 9.79 Å². The maximum atomic E-state index is 2.39. The summed E-state index contributed by atoms with van der Waals surface area (Å²) in [7, 11) is 0. The van der Waals surface area contributed by atoms with E-state index < -0.39 is 0 Å². The fraction of sp³-hybridized carbons (Fsp3) is 0.294. The van der Waals surface area contributed by atoms with Gasteiger partial charge in [-0.15, -0.1) is 0 Å². The van der Waals surface area contributed by atoms with Gasteiger partial charge in [0.05, 0.1) is 0 Å². The normalized spacial score (nSPS) is 14.3. The first-order valence-corrected chi connectivity index (χ1v) is 7.50. The molecule has 0 N–H and O–H groups in total. The molecule has 0 amide bonds. The van der Waals surface area contributed by atoms with Crippen molar-refractivity contribution in [2.75, 3.05) is 0 Å². The van der Waals surface area contributed by atoms with Crippen LogP contribution in [-0.2, 0) is 12.8 Å². The minimum absolute atomic E-state index is 1.26. The van der Waals surface area contributed by atoms with Crippen LogP contribution < -0.4 is 0 Å². The van der Waals surface area contributed by atoms with Crippen LogP contribution in [0.3, 0.4) is 0 Å². The molecule has 92 valence electrons. The molecule has 1 heteroatoms. The Bertz CT molecular complexity index is 557. The highest BCUT2D eigenvalue weighted by molar-refractivity contribution is 7.99. The van der Waals surface area contributed by atoms with Gasteiger partial charge < -0.3 is 0 Å². The third kappa shape index (κ3) is 2.46. The molecule has 3 rings (SSSR count). The number of hydrogen-bond donors (Lipinski definition) is 0. The van der Waals surface area contributed by atoms with Gasteiger partial charge in [-0.05, 0) is 67.5 Å². The minimum atomic E-state index is 1.26. The SMILES string of the molecule is Cc1ccccc1Sc1ccc2c(c1)CCCC2. The smallest absolute Gasteiger partial charge is 0.0151 e. The summed E-state index contributed by atoms with van der Waals surface area (Å²) in [5.41, 5.74) is 4.50. The van der Waals surface area contributed by atoms with E-state index >= 15 is 0 Å². The zero-order valence-electron chi connectivity index (χ0n) is 10.8. The van der Waals surface area contributed by atoms with E-state index in [0.29, 0.717) is 0 Å². The molecular weight excluding hydrogens is 236 g/mol. The van der Waals surface area contributed by atoms with E-state index in [-0.39, 0.29) is 0 Å². The fourth-order valence-corrected chi connectivity index (χ4v) is 3.54. The zero-order chi connectivity index (χ0) is 12.4. The zero-order valence-corrected chi connectivity index (χ0v) is 11.6. The summed E-state index contributed by atoms with van der Waals surface area (Å²) in [6.07, 6.45) is 5.24. The van der Waals surface area contributed by atoms with E-state index in [1.165, 1.54) is 41.0 Å². The largest absolute Gasteiger partial charge is 0.0898 e. The van der Waals surface area contributed by atoms with Crippen molar-refractivity contribution in [2.45, 2.75) is 42.4 Å². The summed E-state index contributed by atoms with van der Waals surface area (Å²) in [6.45, 7) is 2.18. The van der Waals surface area contributed by atoms with E-state index in [1.54, 1.807) is 11.1 Å². The van der Waals surface area contributed by atoms with Crippen molar-refractivity contribution in [3.8, 4) is 0 Å². The molecule has 0 saturated heterocycles. The quantitative estimate of drug-likeness (QED) is 0.724. The first-order valence-electron chi connectivity index (χ1n) is 6.68. The van der Waals surface area contributed by atoms with Crippen molar-refractivity contribution in [1.29, 1.82) is 0 Å². The van der Waals surface area contributed by atoms with Gasteiger partial charge in [0.2, 0.25) is 0 Å². The maximum absolute atomic E-state index is 2.39. The minimum Gasteiger partial charge on any atom is -0.0898 e. The maximum Gasteiger partial charge on any atom is 0.0151 e. The van der Waals surface area contributed by atoms with Crippen molar-refractivity contribution >= 4 is 11.8 Å². The molecule has 0 heterocycles. The molecule has 2 aromatic rings. The van der Waals surface area contributed by atoms with Crippen LogP contribution in [0.5, 0.6) is 0 Å². The van der Waals surface area contributed by atoms with Gasteiger partial charge in [-0.2, -0.15) is 0 Å². The molecule has 0 fully saturated rings. The molecule has 0 nitrogen and oxygen atoms in total. The summed E-state index contributed by atoms with van der Waals surface area (Å²) in [4.78, 5) is 2.75. The Labute approximate surface area is 113 Å². The van der Waals surface area contributed by atoms with Gasteiger partial charge in [0.1, 0.15) is 0 Å². The lowest BCUT2D eigenvalue weighted by Gasteiger charge is -2.16. The molecule has 0 saturated carbocycles. The Hall–Kier alpha value is -1.21. The van der Waals surface area contributed by atoms with E-state index in [4.69, 9.17) is 0 Å². The lowest BCUT2D eigenvalue weighted by atomic mass is 9.92. The van der Waals surface area contributed by atoms with Crippen LogP contribution in [0.1, 0.15) is 29.5 Å².